The van der Waals surface area contributed by atoms with Gasteiger partial charge < -0.3 is 20.4 Å². The van der Waals surface area contributed by atoms with Gasteiger partial charge in [0.15, 0.2) is 11.6 Å². The van der Waals surface area contributed by atoms with E-state index in [9.17, 15) is 4.39 Å². The van der Waals surface area contributed by atoms with Gasteiger partial charge in [-0.05, 0) is 6.92 Å². The lowest BCUT2D eigenvalue weighted by Crippen LogP contribution is -2.22. The second-order valence-corrected chi connectivity index (χ2v) is 4.38. The summed E-state index contributed by atoms with van der Waals surface area (Å²) < 4.78 is 20.3. The number of anilines is 2. The van der Waals surface area contributed by atoms with Crippen LogP contribution in [0.2, 0.25) is 0 Å². The standard InChI is InChI=1S/C13H17FN4O/c1-9(7-18-4-3-16-8-18)17-12-6-13(19-2)10(14)5-11(12)15/h3-6,8-9,17H,7,15H2,1-2H3. The van der Waals surface area contributed by atoms with E-state index in [1.54, 1.807) is 18.6 Å². The maximum Gasteiger partial charge on any atom is 0.167 e. The van der Waals surface area contributed by atoms with Gasteiger partial charge in [-0.25, -0.2) is 9.37 Å². The Labute approximate surface area is 111 Å². The molecule has 1 aromatic carbocycles. The van der Waals surface area contributed by atoms with Crippen LogP contribution < -0.4 is 15.8 Å². The number of aromatic nitrogens is 2. The van der Waals surface area contributed by atoms with Crippen LogP contribution in [0, 0.1) is 5.82 Å². The Hall–Kier alpha value is -2.24. The Morgan fingerprint density at radius 2 is 2.32 bits per heavy atom. The Balaban J connectivity index is 2.09. The van der Waals surface area contributed by atoms with Crippen LogP contribution in [-0.2, 0) is 6.54 Å². The SMILES string of the molecule is COc1cc(NC(C)Cn2ccnc2)c(N)cc1F. The van der Waals surface area contributed by atoms with E-state index < -0.39 is 5.82 Å². The summed E-state index contributed by atoms with van der Waals surface area (Å²) in [6, 6.07) is 2.94. The Morgan fingerprint density at radius 3 is 2.95 bits per heavy atom. The first-order valence-corrected chi connectivity index (χ1v) is 5.95. The summed E-state index contributed by atoms with van der Waals surface area (Å²) in [7, 11) is 1.42. The lowest BCUT2D eigenvalue weighted by Gasteiger charge is -2.18. The molecule has 0 saturated heterocycles. The number of hydrogen-bond donors (Lipinski definition) is 2. The van der Waals surface area contributed by atoms with Crippen LogP contribution in [0.25, 0.3) is 0 Å². The predicted molar refractivity (Wildman–Crippen MR) is 72.7 cm³/mol. The maximum atomic E-state index is 13.4. The summed E-state index contributed by atoms with van der Waals surface area (Å²) in [5, 5.41) is 3.23. The van der Waals surface area contributed by atoms with E-state index in [-0.39, 0.29) is 11.8 Å². The zero-order valence-corrected chi connectivity index (χ0v) is 10.9. The zero-order chi connectivity index (χ0) is 13.8. The van der Waals surface area contributed by atoms with Crippen LogP contribution in [0.4, 0.5) is 15.8 Å². The van der Waals surface area contributed by atoms with Crippen LogP contribution in [0.1, 0.15) is 6.92 Å². The molecule has 0 amide bonds. The number of imidazole rings is 1. The van der Waals surface area contributed by atoms with Gasteiger partial charge in [0.2, 0.25) is 0 Å². The average Bonchev–Trinajstić information content (AvgIpc) is 2.85. The molecule has 0 saturated carbocycles. The van der Waals surface area contributed by atoms with Crippen molar-refractivity contribution in [3.8, 4) is 5.75 Å². The summed E-state index contributed by atoms with van der Waals surface area (Å²) in [5.41, 5.74) is 6.80. The molecule has 0 radical (unpaired) electrons. The largest absolute Gasteiger partial charge is 0.494 e. The van der Waals surface area contributed by atoms with E-state index in [1.165, 1.54) is 13.2 Å². The zero-order valence-electron chi connectivity index (χ0n) is 10.9. The van der Waals surface area contributed by atoms with Gasteiger partial charge in [0.25, 0.3) is 0 Å². The third-order valence-electron chi connectivity index (χ3n) is 2.77. The molecular formula is C13H17FN4O. The first kappa shape index (κ1) is 13.2. The number of nitrogens with two attached hydrogens (primary N) is 1. The van der Waals surface area contributed by atoms with E-state index in [4.69, 9.17) is 10.5 Å². The lowest BCUT2D eigenvalue weighted by atomic mass is 10.2. The number of hydrogen-bond acceptors (Lipinski definition) is 4. The fourth-order valence-corrected chi connectivity index (χ4v) is 1.87. The van der Waals surface area contributed by atoms with Crippen molar-refractivity contribution >= 4 is 11.4 Å². The van der Waals surface area contributed by atoms with Gasteiger partial charge in [0, 0.05) is 37.1 Å². The smallest absolute Gasteiger partial charge is 0.167 e. The third kappa shape index (κ3) is 3.15. The summed E-state index contributed by atoms with van der Waals surface area (Å²) in [6.45, 7) is 2.74. The highest BCUT2D eigenvalue weighted by Crippen LogP contribution is 2.28. The molecule has 19 heavy (non-hydrogen) atoms. The first-order valence-electron chi connectivity index (χ1n) is 5.95. The molecular weight excluding hydrogens is 247 g/mol. The molecule has 2 aromatic rings. The van der Waals surface area contributed by atoms with Crippen molar-refractivity contribution < 1.29 is 9.13 Å². The van der Waals surface area contributed by atoms with Crippen molar-refractivity contribution in [2.75, 3.05) is 18.2 Å². The fraction of sp³-hybridized carbons (Fsp3) is 0.308. The normalized spacial score (nSPS) is 12.2. The summed E-state index contributed by atoms with van der Waals surface area (Å²) in [6.07, 6.45) is 5.35. The van der Waals surface area contributed by atoms with E-state index in [2.05, 4.69) is 10.3 Å². The number of nitrogen functional groups attached to an aromatic ring is 1. The quantitative estimate of drug-likeness (QED) is 0.812. The van der Waals surface area contributed by atoms with Crippen molar-refractivity contribution in [1.82, 2.24) is 9.55 Å². The van der Waals surface area contributed by atoms with Gasteiger partial charge in [0.05, 0.1) is 24.8 Å². The van der Waals surface area contributed by atoms with Crippen LogP contribution in [0.5, 0.6) is 5.75 Å². The molecule has 0 spiro atoms. The number of rotatable bonds is 5. The lowest BCUT2D eigenvalue weighted by molar-refractivity contribution is 0.387. The van der Waals surface area contributed by atoms with Crippen molar-refractivity contribution in [1.29, 1.82) is 0 Å². The Kier molecular flexibility index (Phi) is 3.89. The van der Waals surface area contributed by atoms with Crippen LogP contribution >= 0.6 is 0 Å². The molecule has 2 rings (SSSR count). The van der Waals surface area contributed by atoms with Gasteiger partial charge in [-0.1, -0.05) is 0 Å². The van der Waals surface area contributed by atoms with Gasteiger partial charge in [-0.15, -0.1) is 0 Å². The molecule has 1 atom stereocenters. The van der Waals surface area contributed by atoms with Gasteiger partial charge in [0.1, 0.15) is 0 Å². The molecule has 5 nitrogen and oxygen atoms in total. The summed E-state index contributed by atoms with van der Waals surface area (Å²) in [5.74, 6) is -0.292. The van der Waals surface area contributed by atoms with Crippen molar-refractivity contribution in [2.45, 2.75) is 19.5 Å². The van der Waals surface area contributed by atoms with Gasteiger partial charge in [-0.2, -0.15) is 0 Å². The van der Waals surface area contributed by atoms with E-state index in [0.717, 1.165) is 6.54 Å². The van der Waals surface area contributed by atoms with Gasteiger partial charge >= 0.3 is 0 Å². The fourth-order valence-electron chi connectivity index (χ4n) is 1.87. The van der Waals surface area contributed by atoms with Crippen molar-refractivity contribution in [3.63, 3.8) is 0 Å². The summed E-state index contributed by atoms with van der Waals surface area (Å²) in [4.78, 5) is 3.98. The molecule has 0 aliphatic rings. The second-order valence-electron chi connectivity index (χ2n) is 4.38. The monoisotopic (exact) mass is 264 g/mol. The number of halogens is 1. The van der Waals surface area contributed by atoms with Crippen LogP contribution in [0.3, 0.4) is 0 Å². The molecule has 0 fully saturated rings. The highest BCUT2D eigenvalue weighted by Gasteiger charge is 2.10. The molecule has 1 aromatic heterocycles. The summed E-state index contributed by atoms with van der Waals surface area (Å²) >= 11 is 0. The minimum Gasteiger partial charge on any atom is -0.494 e. The van der Waals surface area contributed by atoms with E-state index in [0.29, 0.717) is 11.4 Å². The highest BCUT2D eigenvalue weighted by atomic mass is 19.1. The second kappa shape index (κ2) is 5.60. The predicted octanol–water partition coefficient (Wildman–Crippen LogP) is 2.11. The average molecular weight is 264 g/mol. The molecule has 102 valence electrons. The number of benzene rings is 1. The minimum absolute atomic E-state index is 0.117. The topological polar surface area (TPSA) is 65.1 Å². The molecule has 6 heteroatoms. The van der Waals surface area contributed by atoms with E-state index >= 15 is 0 Å². The van der Waals surface area contributed by atoms with E-state index in [1.807, 2.05) is 17.7 Å². The van der Waals surface area contributed by atoms with Crippen molar-refractivity contribution in [3.05, 3.63) is 36.7 Å². The number of nitrogens with zero attached hydrogens (tertiary/aromatic N) is 2. The molecule has 1 heterocycles. The molecule has 0 aliphatic carbocycles. The third-order valence-corrected chi connectivity index (χ3v) is 2.77. The van der Waals surface area contributed by atoms with Crippen molar-refractivity contribution in [2.24, 2.45) is 0 Å². The number of methoxy groups -OCH3 is 1. The molecule has 0 bridgehead atoms. The van der Waals surface area contributed by atoms with Gasteiger partial charge in [-0.3, -0.25) is 0 Å². The molecule has 3 N–H and O–H groups in total. The Morgan fingerprint density at radius 1 is 1.53 bits per heavy atom. The number of nitrogens with one attached hydrogen (secondary N) is 1. The minimum atomic E-state index is -0.465. The maximum absolute atomic E-state index is 13.4. The molecule has 1 unspecified atom stereocenters. The highest BCUT2D eigenvalue weighted by molar-refractivity contribution is 5.68. The van der Waals surface area contributed by atoms with Crippen LogP contribution in [-0.4, -0.2) is 22.7 Å². The number of ether oxygens (including phenoxy) is 1. The Bertz CT molecular complexity index is 542. The van der Waals surface area contributed by atoms with Crippen LogP contribution in [0.15, 0.2) is 30.9 Å². The first-order chi connectivity index (χ1) is 9.10. The molecule has 0 aliphatic heterocycles.